The molecule has 0 saturated heterocycles. The van der Waals surface area contributed by atoms with Crippen LogP contribution in [0.15, 0.2) is 24.3 Å². The second kappa shape index (κ2) is 8.06. The third-order valence-corrected chi connectivity index (χ3v) is 1.94. The highest BCUT2D eigenvalue weighted by Gasteiger charge is 1.88. The second-order valence-corrected chi connectivity index (χ2v) is 3.68. The molecule has 0 amide bonds. The maximum atomic E-state index is 3.95. The van der Waals surface area contributed by atoms with E-state index in [4.69, 9.17) is 0 Å². The van der Waals surface area contributed by atoms with Crippen molar-refractivity contribution in [2.24, 2.45) is 0 Å². The normalized spacial score (nSPS) is 11.4. The predicted octanol–water partition coefficient (Wildman–Crippen LogP) is 3.29. The van der Waals surface area contributed by atoms with E-state index >= 15 is 0 Å². The van der Waals surface area contributed by atoms with E-state index < -0.39 is 0 Å². The molecule has 1 N–H and O–H groups in total. The smallest absolute Gasteiger partial charge is 0.00105 e. The van der Waals surface area contributed by atoms with Crippen molar-refractivity contribution in [2.45, 2.75) is 46.1 Å². The van der Waals surface area contributed by atoms with Crippen LogP contribution in [0, 0.1) is 0 Å². The number of hydrogen-bond acceptors (Lipinski definition) is 1. The number of rotatable bonds is 7. The first-order valence-electron chi connectivity index (χ1n) is 5.21. The van der Waals surface area contributed by atoms with Gasteiger partial charge in [0.25, 0.3) is 0 Å². The van der Waals surface area contributed by atoms with Crippen molar-refractivity contribution in [1.29, 1.82) is 0 Å². The fourth-order valence-corrected chi connectivity index (χ4v) is 0.968. The molecule has 0 heterocycles. The Bertz CT molecular complexity index is 157. The molecule has 0 spiro atoms. The van der Waals surface area contributed by atoms with Gasteiger partial charge in [-0.2, -0.15) is 0 Å². The zero-order chi connectivity index (χ0) is 10.1. The Labute approximate surface area is 82.9 Å². The van der Waals surface area contributed by atoms with E-state index in [1.807, 2.05) is 0 Å². The summed E-state index contributed by atoms with van der Waals surface area (Å²) in [6.45, 7) is 11.5. The summed E-state index contributed by atoms with van der Waals surface area (Å²) >= 11 is 0. The van der Waals surface area contributed by atoms with Gasteiger partial charge in [-0.25, -0.2) is 0 Å². The molecule has 0 aliphatic rings. The molecule has 0 aromatic carbocycles. The Morgan fingerprint density at radius 1 is 1.38 bits per heavy atom. The summed E-state index contributed by atoms with van der Waals surface area (Å²) in [6, 6.07) is 0.596. The molecule has 1 heteroatoms. The largest absolute Gasteiger partial charge is 0.314 e. The molecular weight excluding hydrogens is 158 g/mol. The van der Waals surface area contributed by atoms with Crippen LogP contribution in [-0.4, -0.2) is 12.6 Å². The van der Waals surface area contributed by atoms with Crippen molar-refractivity contribution >= 4 is 0 Å². The molecule has 0 rings (SSSR count). The van der Waals surface area contributed by atoms with Crippen LogP contribution in [0.3, 0.4) is 0 Å². The molecule has 0 aliphatic carbocycles. The molecule has 0 unspecified atom stereocenters. The average molecular weight is 181 g/mol. The van der Waals surface area contributed by atoms with Gasteiger partial charge in [0.15, 0.2) is 0 Å². The summed E-state index contributed by atoms with van der Waals surface area (Å²) in [5, 5.41) is 3.37. The SMILES string of the molecule is C=C(CC)CC=CCCNC(C)C. The quantitative estimate of drug-likeness (QED) is 0.469. The van der Waals surface area contributed by atoms with Crippen LogP contribution in [0.1, 0.15) is 40.0 Å². The molecule has 0 radical (unpaired) electrons. The summed E-state index contributed by atoms with van der Waals surface area (Å²) in [5.74, 6) is 0. The molecule has 0 aromatic heterocycles. The zero-order valence-corrected chi connectivity index (χ0v) is 9.27. The molecule has 0 bridgehead atoms. The molecule has 76 valence electrons. The van der Waals surface area contributed by atoms with Crippen molar-refractivity contribution < 1.29 is 0 Å². The van der Waals surface area contributed by atoms with Crippen LogP contribution >= 0.6 is 0 Å². The number of allylic oxidation sites excluding steroid dienone is 2. The first-order valence-corrected chi connectivity index (χ1v) is 5.21. The standard InChI is InChI=1S/C12H23N/c1-5-12(4)9-7-6-8-10-13-11(2)3/h6-7,11,13H,4-5,8-10H2,1-3H3. The average Bonchev–Trinajstić information content (AvgIpc) is 2.10. The Balaban J connectivity index is 3.27. The van der Waals surface area contributed by atoms with Gasteiger partial charge in [-0.05, 0) is 25.8 Å². The van der Waals surface area contributed by atoms with Gasteiger partial charge in [0.1, 0.15) is 0 Å². The van der Waals surface area contributed by atoms with Gasteiger partial charge in [-0.15, -0.1) is 0 Å². The first kappa shape index (κ1) is 12.4. The van der Waals surface area contributed by atoms with Crippen molar-refractivity contribution in [3.63, 3.8) is 0 Å². The van der Waals surface area contributed by atoms with E-state index in [1.54, 1.807) is 0 Å². The topological polar surface area (TPSA) is 12.0 Å². The highest BCUT2D eigenvalue weighted by Crippen LogP contribution is 2.03. The lowest BCUT2D eigenvalue weighted by Crippen LogP contribution is -2.23. The minimum Gasteiger partial charge on any atom is -0.314 e. The fraction of sp³-hybridized carbons (Fsp3) is 0.667. The molecule has 1 nitrogen and oxygen atoms in total. The van der Waals surface area contributed by atoms with E-state index in [2.05, 4.69) is 44.8 Å². The van der Waals surface area contributed by atoms with Crippen LogP contribution in [-0.2, 0) is 0 Å². The monoisotopic (exact) mass is 181 g/mol. The van der Waals surface area contributed by atoms with E-state index in [0.717, 1.165) is 25.8 Å². The van der Waals surface area contributed by atoms with Crippen LogP contribution < -0.4 is 5.32 Å². The molecule has 0 atom stereocenters. The Morgan fingerprint density at radius 2 is 2.08 bits per heavy atom. The summed E-state index contributed by atoms with van der Waals surface area (Å²) in [7, 11) is 0. The molecule has 0 aromatic rings. The zero-order valence-electron chi connectivity index (χ0n) is 9.27. The maximum absolute atomic E-state index is 3.95. The van der Waals surface area contributed by atoms with Crippen LogP contribution in [0.2, 0.25) is 0 Å². The van der Waals surface area contributed by atoms with Gasteiger partial charge in [0.2, 0.25) is 0 Å². The van der Waals surface area contributed by atoms with Crippen LogP contribution in [0.25, 0.3) is 0 Å². The van der Waals surface area contributed by atoms with E-state index in [-0.39, 0.29) is 0 Å². The van der Waals surface area contributed by atoms with Gasteiger partial charge in [0.05, 0.1) is 0 Å². The fourth-order valence-electron chi connectivity index (χ4n) is 0.968. The third kappa shape index (κ3) is 9.35. The summed E-state index contributed by atoms with van der Waals surface area (Å²) in [4.78, 5) is 0. The van der Waals surface area contributed by atoms with Crippen LogP contribution in [0.5, 0.6) is 0 Å². The van der Waals surface area contributed by atoms with Gasteiger partial charge in [0, 0.05) is 6.04 Å². The van der Waals surface area contributed by atoms with E-state index in [0.29, 0.717) is 6.04 Å². The molecule has 0 fully saturated rings. The molecule has 0 aliphatic heterocycles. The summed E-state index contributed by atoms with van der Waals surface area (Å²) in [5.41, 5.74) is 1.31. The van der Waals surface area contributed by atoms with Crippen molar-refractivity contribution in [1.82, 2.24) is 5.32 Å². The summed E-state index contributed by atoms with van der Waals surface area (Å²) < 4.78 is 0. The lowest BCUT2D eigenvalue weighted by atomic mass is 10.1. The highest BCUT2D eigenvalue weighted by molar-refractivity contribution is 5.01. The highest BCUT2D eigenvalue weighted by atomic mass is 14.9. The van der Waals surface area contributed by atoms with E-state index in [1.165, 1.54) is 5.57 Å². The third-order valence-electron chi connectivity index (χ3n) is 1.94. The van der Waals surface area contributed by atoms with Gasteiger partial charge >= 0.3 is 0 Å². The Hall–Kier alpha value is -0.560. The number of nitrogens with one attached hydrogen (secondary N) is 1. The minimum atomic E-state index is 0.596. The van der Waals surface area contributed by atoms with E-state index in [9.17, 15) is 0 Å². The van der Waals surface area contributed by atoms with Crippen molar-refractivity contribution in [3.8, 4) is 0 Å². The number of hydrogen-bond donors (Lipinski definition) is 1. The van der Waals surface area contributed by atoms with Gasteiger partial charge in [-0.1, -0.05) is 45.1 Å². The Morgan fingerprint density at radius 3 is 2.62 bits per heavy atom. The first-order chi connectivity index (χ1) is 6.16. The molecular formula is C12H23N. The van der Waals surface area contributed by atoms with Crippen molar-refractivity contribution in [3.05, 3.63) is 24.3 Å². The minimum absolute atomic E-state index is 0.596. The lowest BCUT2D eigenvalue weighted by molar-refractivity contribution is 0.594. The van der Waals surface area contributed by atoms with Gasteiger partial charge < -0.3 is 5.32 Å². The predicted molar refractivity (Wildman–Crippen MR) is 60.9 cm³/mol. The summed E-state index contributed by atoms with van der Waals surface area (Å²) in [6.07, 6.45) is 7.70. The lowest BCUT2D eigenvalue weighted by Gasteiger charge is -2.04. The maximum Gasteiger partial charge on any atom is 0.00105 e. The van der Waals surface area contributed by atoms with Crippen LogP contribution in [0.4, 0.5) is 0 Å². The van der Waals surface area contributed by atoms with Crippen molar-refractivity contribution in [2.75, 3.05) is 6.54 Å². The molecule has 0 saturated carbocycles. The molecule has 13 heavy (non-hydrogen) atoms. The second-order valence-electron chi connectivity index (χ2n) is 3.68. The Kier molecular flexibility index (Phi) is 7.71. The van der Waals surface area contributed by atoms with Gasteiger partial charge in [-0.3, -0.25) is 0 Å².